The summed E-state index contributed by atoms with van der Waals surface area (Å²) in [5.74, 6) is 0. The number of rotatable bonds is 11. The van der Waals surface area contributed by atoms with E-state index >= 15 is 0 Å². The van der Waals surface area contributed by atoms with Crippen LogP contribution in [0.1, 0.15) is 84.5 Å². The fourth-order valence-electron chi connectivity index (χ4n) is 1.90. The van der Waals surface area contributed by atoms with Gasteiger partial charge in [0.2, 0.25) is 0 Å². The van der Waals surface area contributed by atoms with Crippen molar-refractivity contribution in [2.75, 3.05) is 0 Å². The number of hydrogen-bond donors (Lipinski definition) is 0. The van der Waals surface area contributed by atoms with E-state index in [-0.39, 0.29) is 0 Å². The summed E-state index contributed by atoms with van der Waals surface area (Å²) >= 11 is 12.5. The molecule has 0 aliphatic rings. The molecular weight excluding hydrogens is 239 g/mol. The minimum absolute atomic E-state index is 0.459. The van der Waals surface area contributed by atoms with Crippen LogP contribution in [0.25, 0.3) is 0 Å². The molecule has 0 radical (unpaired) electrons. The van der Waals surface area contributed by atoms with Crippen molar-refractivity contribution in [1.82, 2.24) is 0 Å². The summed E-state index contributed by atoms with van der Waals surface area (Å²) in [7, 11) is 0. The van der Waals surface area contributed by atoms with Crippen LogP contribution in [0.2, 0.25) is 0 Å². The SMILES string of the molecule is CCCCCCCCCC(Cl)(Cl)CCCC. The molecule has 0 aliphatic carbocycles. The van der Waals surface area contributed by atoms with Crippen molar-refractivity contribution in [2.24, 2.45) is 0 Å². The third kappa shape index (κ3) is 11.1. The second kappa shape index (κ2) is 10.7. The van der Waals surface area contributed by atoms with E-state index in [0.29, 0.717) is 0 Å². The normalized spacial score (nSPS) is 12.0. The minimum Gasteiger partial charge on any atom is -0.102 e. The molecule has 0 aromatic heterocycles. The van der Waals surface area contributed by atoms with Crippen molar-refractivity contribution in [2.45, 2.75) is 88.8 Å². The minimum atomic E-state index is -0.459. The molecule has 0 N–H and O–H groups in total. The molecule has 0 aromatic rings. The highest BCUT2D eigenvalue weighted by Crippen LogP contribution is 2.33. The van der Waals surface area contributed by atoms with Crippen LogP contribution in [-0.2, 0) is 0 Å². The first kappa shape index (κ1) is 16.6. The Morgan fingerprint density at radius 2 is 1.06 bits per heavy atom. The maximum absolute atomic E-state index is 6.24. The highest BCUT2D eigenvalue weighted by Gasteiger charge is 2.21. The molecule has 0 bridgehead atoms. The van der Waals surface area contributed by atoms with Gasteiger partial charge >= 0.3 is 0 Å². The van der Waals surface area contributed by atoms with Gasteiger partial charge in [0.25, 0.3) is 0 Å². The van der Waals surface area contributed by atoms with Gasteiger partial charge in [-0.2, -0.15) is 0 Å². The molecule has 0 fully saturated rings. The highest BCUT2D eigenvalue weighted by molar-refractivity contribution is 6.48. The first-order valence-corrected chi connectivity index (χ1v) is 7.76. The zero-order valence-corrected chi connectivity index (χ0v) is 12.5. The van der Waals surface area contributed by atoms with Crippen LogP contribution < -0.4 is 0 Å². The maximum atomic E-state index is 6.24. The summed E-state index contributed by atoms with van der Waals surface area (Å²) in [6, 6.07) is 0. The van der Waals surface area contributed by atoms with Crippen LogP contribution in [0.4, 0.5) is 0 Å². The summed E-state index contributed by atoms with van der Waals surface area (Å²) in [4.78, 5) is 0. The van der Waals surface area contributed by atoms with Crippen LogP contribution in [0.5, 0.6) is 0 Å². The van der Waals surface area contributed by atoms with Crippen LogP contribution >= 0.6 is 23.2 Å². The van der Waals surface area contributed by atoms with Crippen molar-refractivity contribution in [1.29, 1.82) is 0 Å². The summed E-state index contributed by atoms with van der Waals surface area (Å²) in [5.41, 5.74) is 0. The first-order chi connectivity index (χ1) is 7.62. The fraction of sp³-hybridized carbons (Fsp3) is 1.00. The highest BCUT2D eigenvalue weighted by atomic mass is 35.5. The number of halogens is 2. The maximum Gasteiger partial charge on any atom is 0.118 e. The summed E-state index contributed by atoms with van der Waals surface area (Å²) < 4.78 is -0.459. The van der Waals surface area contributed by atoms with Crippen LogP contribution in [0.15, 0.2) is 0 Å². The lowest BCUT2D eigenvalue weighted by atomic mass is 10.0. The van der Waals surface area contributed by atoms with E-state index in [2.05, 4.69) is 13.8 Å². The van der Waals surface area contributed by atoms with Gasteiger partial charge < -0.3 is 0 Å². The number of hydrogen-bond acceptors (Lipinski definition) is 0. The van der Waals surface area contributed by atoms with Gasteiger partial charge in [0.1, 0.15) is 4.33 Å². The van der Waals surface area contributed by atoms with Crippen LogP contribution in [0, 0.1) is 0 Å². The van der Waals surface area contributed by atoms with Crippen molar-refractivity contribution >= 4 is 23.2 Å². The van der Waals surface area contributed by atoms with Gasteiger partial charge in [0.15, 0.2) is 0 Å². The Balaban J connectivity index is 3.29. The van der Waals surface area contributed by atoms with Crippen LogP contribution in [0.3, 0.4) is 0 Å². The Hall–Kier alpha value is 0.580. The van der Waals surface area contributed by atoms with Gasteiger partial charge in [-0.05, 0) is 12.8 Å². The molecule has 0 unspecified atom stereocenters. The van der Waals surface area contributed by atoms with Gasteiger partial charge in [-0.3, -0.25) is 0 Å². The summed E-state index contributed by atoms with van der Waals surface area (Å²) in [6.07, 6.45) is 13.5. The molecule has 0 aromatic carbocycles. The third-order valence-electron chi connectivity index (χ3n) is 3.04. The van der Waals surface area contributed by atoms with Crippen molar-refractivity contribution in [3.63, 3.8) is 0 Å². The van der Waals surface area contributed by atoms with E-state index in [1.165, 1.54) is 51.4 Å². The van der Waals surface area contributed by atoms with E-state index in [4.69, 9.17) is 23.2 Å². The van der Waals surface area contributed by atoms with E-state index < -0.39 is 4.33 Å². The molecule has 0 spiro atoms. The predicted molar refractivity (Wildman–Crippen MR) is 76.6 cm³/mol. The Bertz CT molecular complexity index is 144. The summed E-state index contributed by atoms with van der Waals surface area (Å²) in [5, 5.41) is 0. The molecule has 98 valence electrons. The molecule has 2 heteroatoms. The lowest BCUT2D eigenvalue weighted by Gasteiger charge is -2.18. The van der Waals surface area contributed by atoms with E-state index in [1.807, 2.05) is 0 Å². The van der Waals surface area contributed by atoms with Gasteiger partial charge in [0.05, 0.1) is 0 Å². The fourth-order valence-corrected chi connectivity index (χ4v) is 2.44. The molecule has 0 heterocycles. The van der Waals surface area contributed by atoms with Gasteiger partial charge in [-0.25, -0.2) is 0 Å². The van der Waals surface area contributed by atoms with E-state index in [9.17, 15) is 0 Å². The largest absolute Gasteiger partial charge is 0.118 e. The molecular formula is C14H28Cl2. The molecule has 0 rings (SSSR count). The summed E-state index contributed by atoms with van der Waals surface area (Å²) in [6.45, 7) is 4.43. The van der Waals surface area contributed by atoms with Gasteiger partial charge in [0, 0.05) is 0 Å². The second-order valence-corrected chi connectivity index (χ2v) is 6.47. The Morgan fingerprint density at radius 3 is 1.62 bits per heavy atom. The molecule has 0 saturated heterocycles. The smallest absolute Gasteiger partial charge is 0.102 e. The molecule has 0 atom stereocenters. The quantitative estimate of drug-likeness (QED) is 0.296. The zero-order chi connectivity index (χ0) is 12.3. The molecule has 0 saturated carbocycles. The number of unbranched alkanes of at least 4 members (excludes halogenated alkanes) is 7. The molecule has 0 aliphatic heterocycles. The molecule has 16 heavy (non-hydrogen) atoms. The third-order valence-corrected chi connectivity index (χ3v) is 3.80. The number of alkyl halides is 2. The monoisotopic (exact) mass is 266 g/mol. The average Bonchev–Trinajstić information content (AvgIpc) is 2.25. The lowest BCUT2D eigenvalue weighted by molar-refractivity contribution is 0.530. The first-order valence-electron chi connectivity index (χ1n) is 7.00. The van der Waals surface area contributed by atoms with E-state index in [1.54, 1.807) is 0 Å². The zero-order valence-electron chi connectivity index (χ0n) is 11.0. The predicted octanol–water partition coefficient (Wildman–Crippen LogP) is 6.49. The van der Waals surface area contributed by atoms with Gasteiger partial charge in [-0.15, -0.1) is 23.2 Å². The van der Waals surface area contributed by atoms with Crippen LogP contribution in [-0.4, -0.2) is 4.33 Å². The molecule has 0 amide bonds. The second-order valence-electron chi connectivity index (χ2n) is 4.83. The Kier molecular flexibility index (Phi) is 11.1. The standard InChI is InChI=1S/C14H28Cl2/c1-3-5-7-8-9-10-11-13-14(15,16)12-6-4-2/h3-13H2,1-2H3. The van der Waals surface area contributed by atoms with E-state index in [0.717, 1.165) is 19.3 Å². The Morgan fingerprint density at radius 1 is 0.625 bits per heavy atom. The van der Waals surface area contributed by atoms with Crippen molar-refractivity contribution < 1.29 is 0 Å². The lowest BCUT2D eigenvalue weighted by Crippen LogP contribution is -2.12. The molecule has 0 nitrogen and oxygen atoms in total. The van der Waals surface area contributed by atoms with Gasteiger partial charge in [-0.1, -0.05) is 71.6 Å². The topological polar surface area (TPSA) is 0 Å². The van der Waals surface area contributed by atoms with Crippen molar-refractivity contribution in [3.8, 4) is 0 Å². The average molecular weight is 267 g/mol. The van der Waals surface area contributed by atoms with Crippen molar-refractivity contribution in [3.05, 3.63) is 0 Å². The Labute approximate surface area is 112 Å².